The van der Waals surface area contributed by atoms with Crippen molar-refractivity contribution in [3.05, 3.63) is 71.3 Å². The standard InChI is InChI=1S/C15H20N2O2.C13H19Cl/c1-11(2)9-17-8-7-12(10-17)15(19)16-13-3-5-14(18)6-4-13;1-3-6-11(7-4-2)12-8-5-9-13(14)10-12/h3-6,12,18H,1,7-10H2,2H3,(H,16,19);5,8-11H,3-4,6-7H2,1-2H3. The first-order chi connectivity index (χ1) is 15.8. The van der Waals surface area contributed by atoms with E-state index < -0.39 is 0 Å². The lowest BCUT2D eigenvalue weighted by molar-refractivity contribution is -0.119. The van der Waals surface area contributed by atoms with Gasteiger partial charge in [-0.2, -0.15) is 0 Å². The van der Waals surface area contributed by atoms with Crippen molar-refractivity contribution in [2.75, 3.05) is 25.0 Å². The molecule has 1 amide bonds. The fraction of sp³-hybridized carbons (Fsp3) is 0.464. The Morgan fingerprint density at radius 3 is 2.42 bits per heavy atom. The maximum absolute atomic E-state index is 12.1. The van der Waals surface area contributed by atoms with E-state index in [0.717, 1.165) is 42.3 Å². The molecular formula is C28H39ClN2O2. The maximum atomic E-state index is 12.1. The monoisotopic (exact) mass is 470 g/mol. The number of hydrogen-bond donors (Lipinski definition) is 2. The fourth-order valence-corrected chi connectivity index (χ4v) is 4.49. The van der Waals surface area contributed by atoms with E-state index in [2.05, 4.69) is 48.8 Å². The van der Waals surface area contributed by atoms with Crippen molar-refractivity contribution < 1.29 is 9.90 Å². The lowest BCUT2D eigenvalue weighted by atomic mass is 9.90. The normalized spacial score (nSPS) is 15.7. The zero-order valence-corrected chi connectivity index (χ0v) is 21.1. The highest BCUT2D eigenvalue weighted by molar-refractivity contribution is 6.30. The number of rotatable bonds is 9. The summed E-state index contributed by atoms with van der Waals surface area (Å²) >= 11 is 5.99. The van der Waals surface area contributed by atoms with E-state index in [-0.39, 0.29) is 17.6 Å². The second-order valence-electron chi connectivity index (χ2n) is 9.04. The summed E-state index contributed by atoms with van der Waals surface area (Å²) in [5, 5.41) is 12.9. The number of amides is 1. The van der Waals surface area contributed by atoms with Gasteiger partial charge in [0.2, 0.25) is 5.91 Å². The molecule has 0 spiro atoms. The van der Waals surface area contributed by atoms with E-state index in [1.807, 2.05) is 13.0 Å². The second kappa shape index (κ2) is 14.1. The molecule has 1 fully saturated rings. The van der Waals surface area contributed by atoms with E-state index in [1.165, 1.54) is 31.2 Å². The number of carbonyl (C=O) groups is 1. The molecule has 33 heavy (non-hydrogen) atoms. The Morgan fingerprint density at radius 1 is 1.18 bits per heavy atom. The molecule has 0 bridgehead atoms. The quantitative estimate of drug-likeness (QED) is 0.299. The first-order valence-electron chi connectivity index (χ1n) is 12.0. The highest BCUT2D eigenvalue weighted by atomic mass is 35.5. The number of nitrogens with one attached hydrogen (secondary N) is 1. The van der Waals surface area contributed by atoms with Crippen LogP contribution in [0.4, 0.5) is 5.69 Å². The Hall–Kier alpha value is -2.30. The third-order valence-electron chi connectivity index (χ3n) is 5.87. The summed E-state index contributed by atoms with van der Waals surface area (Å²) in [4.78, 5) is 14.4. The molecule has 5 heteroatoms. The summed E-state index contributed by atoms with van der Waals surface area (Å²) in [7, 11) is 0. The molecule has 2 aromatic rings. The van der Waals surface area contributed by atoms with Gasteiger partial charge in [-0.05, 0) is 80.6 Å². The van der Waals surface area contributed by atoms with Gasteiger partial charge in [-0.15, -0.1) is 0 Å². The van der Waals surface area contributed by atoms with Gasteiger partial charge in [0.25, 0.3) is 0 Å². The highest BCUT2D eigenvalue weighted by Gasteiger charge is 2.28. The average molecular weight is 471 g/mol. The predicted octanol–water partition coefficient (Wildman–Crippen LogP) is 7.25. The summed E-state index contributed by atoms with van der Waals surface area (Å²) in [5.41, 5.74) is 3.25. The van der Waals surface area contributed by atoms with Crippen molar-refractivity contribution in [2.24, 2.45) is 5.92 Å². The number of phenols is 1. The Kier molecular flexibility index (Phi) is 11.5. The first-order valence-corrected chi connectivity index (χ1v) is 12.4. The number of benzene rings is 2. The third kappa shape index (κ3) is 9.61. The molecule has 1 heterocycles. The zero-order chi connectivity index (χ0) is 24.2. The van der Waals surface area contributed by atoms with Gasteiger partial charge in [0, 0.05) is 23.8 Å². The second-order valence-corrected chi connectivity index (χ2v) is 9.48. The van der Waals surface area contributed by atoms with Crippen molar-refractivity contribution in [1.29, 1.82) is 0 Å². The Bertz CT molecular complexity index is 876. The Balaban J connectivity index is 0.000000245. The maximum Gasteiger partial charge on any atom is 0.228 e. The number of likely N-dealkylation sites (tertiary alicyclic amines) is 1. The summed E-state index contributed by atoms with van der Waals surface area (Å²) in [5.74, 6) is 0.984. The van der Waals surface area contributed by atoms with Crippen molar-refractivity contribution in [3.63, 3.8) is 0 Å². The molecule has 2 aromatic carbocycles. The molecule has 0 aliphatic carbocycles. The number of carbonyl (C=O) groups excluding carboxylic acids is 1. The third-order valence-corrected chi connectivity index (χ3v) is 6.10. The summed E-state index contributed by atoms with van der Waals surface area (Å²) in [6, 6.07) is 14.8. The van der Waals surface area contributed by atoms with Crippen LogP contribution >= 0.6 is 11.6 Å². The summed E-state index contributed by atoms with van der Waals surface area (Å²) in [6.45, 7) is 13.0. The lowest BCUT2D eigenvalue weighted by Gasteiger charge is -2.15. The van der Waals surface area contributed by atoms with E-state index in [1.54, 1.807) is 24.3 Å². The molecule has 1 atom stereocenters. The van der Waals surface area contributed by atoms with Crippen LogP contribution in [0.15, 0.2) is 60.7 Å². The number of anilines is 1. The van der Waals surface area contributed by atoms with E-state index >= 15 is 0 Å². The zero-order valence-electron chi connectivity index (χ0n) is 20.3. The topological polar surface area (TPSA) is 52.6 Å². The van der Waals surface area contributed by atoms with Gasteiger partial charge in [0.1, 0.15) is 5.75 Å². The van der Waals surface area contributed by atoms with Crippen LogP contribution in [0.1, 0.15) is 64.4 Å². The smallest absolute Gasteiger partial charge is 0.228 e. The minimum absolute atomic E-state index is 0.0353. The number of aromatic hydroxyl groups is 1. The Labute approximate surface area is 204 Å². The molecule has 1 aliphatic rings. The van der Waals surface area contributed by atoms with Gasteiger partial charge in [0.15, 0.2) is 0 Å². The molecule has 0 radical (unpaired) electrons. The number of nitrogens with zero attached hydrogens (tertiary/aromatic N) is 1. The molecule has 1 saturated heterocycles. The molecule has 3 rings (SSSR count). The molecule has 0 saturated carbocycles. The minimum Gasteiger partial charge on any atom is -0.508 e. The molecular weight excluding hydrogens is 432 g/mol. The van der Waals surface area contributed by atoms with Gasteiger partial charge in [-0.3, -0.25) is 9.69 Å². The molecule has 2 N–H and O–H groups in total. The van der Waals surface area contributed by atoms with Gasteiger partial charge < -0.3 is 10.4 Å². The van der Waals surface area contributed by atoms with E-state index in [9.17, 15) is 9.90 Å². The van der Waals surface area contributed by atoms with Crippen LogP contribution in [-0.4, -0.2) is 35.5 Å². The molecule has 1 aliphatic heterocycles. The van der Waals surface area contributed by atoms with E-state index in [4.69, 9.17) is 11.6 Å². The SMILES string of the molecule is C=C(C)CN1CCC(C(=O)Nc2ccc(O)cc2)C1.CCCC(CCC)c1cccc(Cl)c1. The highest BCUT2D eigenvalue weighted by Crippen LogP contribution is 2.28. The van der Waals surface area contributed by atoms with Gasteiger partial charge in [-0.1, -0.05) is 62.6 Å². The largest absolute Gasteiger partial charge is 0.508 e. The van der Waals surface area contributed by atoms with Crippen molar-refractivity contribution >= 4 is 23.2 Å². The van der Waals surface area contributed by atoms with Crippen molar-refractivity contribution in [2.45, 2.75) is 58.8 Å². The molecule has 1 unspecified atom stereocenters. The summed E-state index contributed by atoms with van der Waals surface area (Å²) < 4.78 is 0. The lowest BCUT2D eigenvalue weighted by Crippen LogP contribution is -2.27. The van der Waals surface area contributed by atoms with Crippen LogP contribution in [0.2, 0.25) is 5.02 Å². The Morgan fingerprint density at radius 2 is 1.85 bits per heavy atom. The van der Waals surface area contributed by atoms with Crippen LogP contribution in [0.25, 0.3) is 0 Å². The van der Waals surface area contributed by atoms with Crippen LogP contribution < -0.4 is 5.32 Å². The van der Waals surface area contributed by atoms with Crippen LogP contribution in [0, 0.1) is 5.92 Å². The first kappa shape index (κ1) is 26.9. The number of hydrogen-bond acceptors (Lipinski definition) is 3. The fourth-order valence-electron chi connectivity index (χ4n) is 4.30. The van der Waals surface area contributed by atoms with Gasteiger partial charge >= 0.3 is 0 Å². The van der Waals surface area contributed by atoms with Crippen molar-refractivity contribution in [1.82, 2.24) is 4.90 Å². The molecule has 4 nitrogen and oxygen atoms in total. The van der Waals surface area contributed by atoms with Crippen LogP contribution in [0.3, 0.4) is 0 Å². The molecule has 180 valence electrons. The van der Waals surface area contributed by atoms with E-state index in [0.29, 0.717) is 5.92 Å². The minimum atomic E-state index is 0.0353. The molecule has 0 aromatic heterocycles. The van der Waals surface area contributed by atoms with Gasteiger partial charge in [0.05, 0.1) is 5.92 Å². The van der Waals surface area contributed by atoms with Crippen LogP contribution in [0.5, 0.6) is 5.75 Å². The number of phenolic OH excluding ortho intramolecular Hbond substituents is 1. The summed E-state index contributed by atoms with van der Waals surface area (Å²) in [6.07, 6.45) is 5.92. The number of halogens is 1. The predicted molar refractivity (Wildman–Crippen MR) is 140 cm³/mol. The van der Waals surface area contributed by atoms with Gasteiger partial charge in [-0.25, -0.2) is 0 Å². The average Bonchev–Trinajstić information content (AvgIpc) is 3.24. The van der Waals surface area contributed by atoms with Crippen LogP contribution in [-0.2, 0) is 4.79 Å². The van der Waals surface area contributed by atoms with Crippen molar-refractivity contribution in [3.8, 4) is 5.75 Å².